The first kappa shape index (κ1) is 15.3. The van der Waals surface area contributed by atoms with Crippen molar-refractivity contribution in [2.75, 3.05) is 6.54 Å². The fourth-order valence-corrected chi connectivity index (χ4v) is 2.79. The molecule has 3 rings (SSSR count). The van der Waals surface area contributed by atoms with Crippen molar-refractivity contribution in [2.24, 2.45) is 0 Å². The molecule has 1 heterocycles. The van der Waals surface area contributed by atoms with Gasteiger partial charge in [0.05, 0.1) is 6.04 Å². The zero-order chi connectivity index (χ0) is 15.9. The van der Waals surface area contributed by atoms with Gasteiger partial charge >= 0.3 is 6.09 Å². The van der Waals surface area contributed by atoms with E-state index in [-0.39, 0.29) is 12.1 Å². The van der Waals surface area contributed by atoms with Crippen molar-refractivity contribution < 1.29 is 9.53 Å². The summed E-state index contributed by atoms with van der Waals surface area (Å²) in [5, 5.41) is 0. The number of rotatable bonds is 5. The molecule has 0 saturated carbocycles. The molecule has 23 heavy (non-hydrogen) atoms. The zero-order valence-electron chi connectivity index (χ0n) is 13.1. The summed E-state index contributed by atoms with van der Waals surface area (Å²) in [6, 6.07) is 20.3. The number of carbonyl (C=O) groups is 1. The summed E-state index contributed by atoms with van der Waals surface area (Å²) in [4.78, 5) is 14.1. The molecule has 0 fully saturated rings. The molecule has 0 N–H and O–H groups in total. The van der Waals surface area contributed by atoms with Crippen molar-refractivity contribution in [1.82, 2.24) is 4.90 Å². The average Bonchev–Trinajstić information content (AvgIpc) is 3.08. The first-order valence-corrected chi connectivity index (χ1v) is 8.01. The molecule has 0 aliphatic carbocycles. The standard InChI is InChI=1S/C20H21NO2/c22-20(23-16-18-10-5-2-6-11-18)21-15-7-12-19(21)14-13-17-8-3-1-4-9-17/h1-12,19H,13-16H2. The Kier molecular flexibility index (Phi) is 5.09. The van der Waals surface area contributed by atoms with Crippen molar-refractivity contribution in [1.29, 1.82) is 0 Å². The van der Waals surface area contributed by atoms with Gasteiger partial charge in [0.25, 0.3) is 0 Å². The number of aryl methyl sites for hydroxylation is 1. The van der Waals surface area contributed by atoms with Crippen LogP contribution in [0.3, 0.4) is 0 Å². The fraction of sp³-hybridized carbons (Fsp3) is 0.250. The molecule has 0 aromatic heterocycles. The smallest absolute Gasteiger partial charge is 0.410 e. The molecule has 1 aliphatic heterocycles. The molecule has 2 aromatic carbocycles. The van der Waals surface area contributed by atoms with Gasteiger partial charge in [-0.05, 0) is 24.0 Å². The first-order chi connectivity index (χ1) is 11.3. The largest absolute Gasteiger partial charge is 0.445 e. The lowest BCUT2D eigenvalue weighted by atomic mass is 10.1. The maximum absolute atomic E-state index is 12.3. The van der Waals surface area contributed by atoms with Crippen molar-refractivity contribution in [2.45, 2.75) is 25.5 Å². The van der Waals surface area contributed by atoms with E-state index in [2.05, 4.69) is 18.2 Å². The molecule has 1 atom stereocenters. The van der Waals surface area contributed by atoms with Crippen LogP contribution in [0.1, 0.15) is 17.5 Å². The number of hydrogen-bond acceptors (Lipinski definition) is 2. The molecule has 3 nitrogen and oxygen atoms in total. The third-order valence-corrected chi connectivity index (χ3v) is 4.07. The number of nitrogens with zero attached hydrogens (tertiary/aromatic N) is 1. The van der Waals surface area contributed by atoms with E-state index in [4.69, 9.17) is 4.74 Å². The normalized spacial score (nSPS) is 16.5. The zero-order valence-corrected chi connectivity index (χ0v) is 13.1. The molecule has 0 saturated heterocycles. The maximum Gasteiger partial charge on any atom is 0.410 e. The van der Waals surface area contributed by atoms with Crippen LogP contribution in [0, 0.1) is 0 Å². The van der Waals surface area contributed by atoms with Crippen LogP contribution in [-0.2, 0) is 17.8 Å². The van der Waals surface area contributed by atoms with Gasteiger partial charge in [-0.1, -0.05) is 72.8 Å². The van der Waals surface area contributed by atoms with E-state index in [0.29, 0.717) is 13.2 Å². The Balaban J connectivity index is 1.51. The highest BCUT2D eigenvalue weighted by atomic mass is 16.6. The third-order valence-electron chi connectivity index (χ3n) is 4.07. The van der Waals surface area contributed by atoms with Crippen molar-refractivity contribution in [3.63, 3.8) is 0 Å². The van der Waals surface area contributed by atoms with Crippen LogP contribution >= 0.6 is 0 Å². The van der Waals surface area contributed by atoms with Crippen LogP contribution in [0.5, 0.6) is 0 Å². The Labute approximate surface area is 137 Å². The Morgan fingerprint density at radius 2 is 1.65 bits per heavy atom. The Hall–Kier alpha value is -2.55. The van der Waals surface area contributed by atoms with Crippen LogP contribution in [0.25, 0.3) is 0 Å². The van der Waals surface area contributed by atoms with E-state index in [1.807, 2.05) is 54.6 Å². The van der Waals surface area contributed by atoms with E-state index >= 15 is 0 Å². The highest BCUT2D eigenvalue weighted by Gasteiger charge is 2.25. The number of ether oxygens (including phenoxy) is 1. The molecule has 1 amide bonds. The van der Waals surface area contributed by atoms with E-state index in [1.54, 1.807) is 4.90 Å². The highest BCUT2D eigenvalue weighted by molar-refractivity contribution is 5.69. The van der Waals surface area contributed by atoms with Gasteiger partial charge in [0.15, 0.2) is 0 Å². The molecule has 1 unspecified atom stereocenters. The minimum absolute atomic E-state index is 0.124. The van der Waals surface area contributed by atoms with Crippen LogP contribution in [0.2, 0.25) is 0 Å². The summed E-state index contributed by atoms with van der Waals surface area (Å²) in [6.07, 6.45) is 5.78. The van der Waals surface area contributed by atoms with Crippen LogP contribution in [0.15, 0.2) is 72.8 Å². The summed E-state index contributed by atoms with van der Waals surface area (Å²) in [5.74, 6) is 0. The predicted octanol–water partition coefficient (Wildman–Crippen LogP) is 4.20. The molecule has 3 heteroatoms. The lowest BCUT2D eigenvalue weighted by molar-refractivity contribution is 0.0939. The van der Waals surface area contributed by atoms with Crippen molar-refractivity contribution >= 4 is 6.09 Å². The summed E-state index contributed by atoms with van der Waals surface area (Å²) < 4.78 is 5.44. The van der Waals surface area contributed by atoms with Gasteiger partial charge in [-0.2, -0.15) is 0 Å². The van der Waals surface area contributed by atoms with E-state index < -0.39 is 0 Å². The number of amides is 1. The number of benzene rings is 2. The molecular weight excluding hydrogens is 286 g/mol. The van der Waals surface area contributed by atoms with Gasteiger partial charge < -0.3 is 4.74 Å². The third kappa shape index (κ3) is 4.22. The highest BCUT2D eigenvalue weighted by Crippen LogP contribution is 2.18. The van der Waals surface area contributed by atoms with Gasteiger partial charge in [-0.15, -0.1) is 0 Å². The first-order valence-electron chi connectivity index (χ1n) is 8.01. The summed E-state index contributed by atoms with van der Waals surface area (Å²) in [6.45, 7) is 0.953. The van der Waals surface area contributed by atoms with Crippen molar-refractivity contribution in [3.05, 3.63) is 83.9 Å². The second-order valence-electron chi connectivity index (χ2n) is 5.71. The summed E-state index contributed by atoms with van der Waals surface area (Å²) in [7, 11) is 0. The molecule has 0 spiro atoms. The van der Waals surface area contributed by atoms with Crippen LogP contribution in [0.4, 0.5) is 4.79 Å². The van der Waals surface area contributed by atoms with Crippen LogP contribution in [-0.4, -0.2) is 23.6 Å². The Bertz CT molecular complexity index is 652. The van der Waals surface area contributed by atoms with Gasteiger partial charge in [0.1, 0.15) is 6.61 Å². The SMILES string of the molecule is O=C(OCc1ccccc1)N1CC=CC1CCc1ccccc1. The lowest BCUT2D eigenvalue weighted by Crippen LogP contribution is -2.36. The summed E-state index contributed by atoms with van der Waals surface area (Å²) >= 11 is 0. The van der Waals surface area contributed by atoms with E-state index in [1.165, 1.54) is 5.56 Å². The fourth-order valence-electron chi connectivity index (χ4n) is 2.79. The number of hydrogen-bond donors (Lipinski definition) is 0. The molecule has 0 bridgehead atoms. The second kappa shape index (κ2) is 7.63. The molecular formula is C20H21NO2. The van der Waals surface area contributed by atoms with Gasteiger partial charge in [0.2, 0.25) is 0 Å². The Morgan fingerprint density at radius 1 is 1.00 bits per heavy atom. The van der Waals surface area contributed by atoms with Gasteiger partial charge in [-0.3, -0.25) is 4.90 Å². The lowest BCUT2D eigenvalue weighted by Gasteiger charge is -2.24. The van der Waals surface area contributed by atoms with Crippen LogP contribution < -0.4 is 0 Å². The summed E-state index contributed by atoms with van der Waals surface area (Å²) in [5.41, 5.74) is 2.30. The van der Waals surface area contributed by atoms with Gasteiger partial charge in [-0.25, -0.2) is 4.79 Å². The average molecular weight is 307 g/mol. The molecule has 2 aromatic rings. The Morgan fingerprint density at radius 3 is 2.35 bits per heavy atom. The predicted molar refractivity (Wildman–Crippen MR) is 91.0 cm³/mol. The molecule has 118 valence electrons. The minimum atomic E-state index is -0.239. The molecule has 1 aliphatic rings. The number of carbonyl (C=O) groups excluding carboxylic acids is 1. The second-order valence-corrected chi connectivity index (χ2v) is 5.71. The van der Waals surface area contributed by atoms with E-state index in [0.717, 1.165) is 18.4 Å². The monoisotopic (exact) mass is 307 g/mol. The van der Waals surface area contributed by atoms with Gasteiger partial charge in [0, 0.05) is 6.54 Å². The van der Waals surface area contributed by atoms with Crippen molar-refractivity contribution in [3.8, 4) is 0 Å². The van der Waals surface area contributed by atoms with E-state index in [9.17, 15) is 4.79 Å². The molecule has 0 radical (unpaired) electrons. The topological polar surface area (TPSA) is 29.5 Å². The quantitative estimate of drug-likeness (QED) is 0.775. The maximum atomic E-state index is 12.3. The minimum Gasteiger partial charge on any atom is -0.445 e.